The van der Waals surface area contributed by atoms with Crippen molar-refractivity contribution in [3.05, 3.63) is 66.5 Å². The number of hydrogen-bond donors (Lipinski definition) is 1. The van der Waals surface area contributed by atoms with Crippen molar-refractivity contribution in [2.24, 2.45) is 0 Å². The van der Waals surface area contributed by atoms with Crippen LogP contribution in [0.2, 0.25) is 0 Å². The number of aromatic nitrogens is 2. The van der Waals surface area contributed by atoms with Gasteiger partial charge in [0.25, 0.3) is 0 Å². The summed E-state index contributed by atoms with van der Waals surface area (Å²) in [6.07, 6.45) is 10.1. The lowest BCUT2D eigenvalue weighted by Crippen LogP contribution is -1.96. The van der Waals surface area contributed by atoms with Crippen LogP contribution in [0, 0.1) is 0 Å². The highest BCUT2D eigenvalue weighted by molar-refractivity contribution is 5.64. The molecule has 3 rings (SSSR count). The van der Waals surface area contributed by atoms with Crippen molar-refractivity contribution in [3.8, 4) is 28.3 Å². The molecule has 0 saturated heterocycles. The normalized spacial score (nSPS) is 10.8. The first-order valence-electron chi connectivity index (χ1n) is 10.6. The van der Waals surface area contributed by atoms with Crippen molar-refractivity contribution in [1.82, 2.24) is 9.97 Å². The molecule has 1 N–H and O–H groups in total. The van der Waals surface area contributed by atoms with E-state index in [2.05, 4.69) is 53.3 Å². The molecule has 152 valence electrons. The van der Waals surface area contributed by atoms with E-state index in [0.29, 0.717) is 0 Å². The molecule has 0 unspecified atom stereocenters. The minimum atomic E-state index is 0.257. The molecule has 0 amide bonds. The number of rotatable bonds is 11. The maximum absolute atomic E-state index is 8.88. The third kappa shape index (κ3) is 6.40. The fourth-order valence-electron chi connectivity index (χ4n) is 3.17. The van der Waals surface area contributed by atoms with Crippen molar-refractivity contribution < 1.29 is 9.84 Å². The van der Waals surface area contributed by atoms with E-state index < -0.39 is 0 Å². The van der Waals surface area contributed by atoms with Crippen LogP contribution in [0.4, 0.5) is 0 Å². The smallest absolute Gasteiger partial charge is 0.159 e. The zero-order valence-electron chi connectivity index (χ0n) is 17.2. The van der Waals surface area contributed by atoms with Crippen LogP contribution in [-0.2, 0) is 6.42 Å². The lowest BCUT2D eigenvalue weighted by atomic mass is 10.1. The van der Waals surface area contributed by atoms with Gasteiger partial charge in [0.1, 0.15) is 5.75 Å². The highest BCUT2D eigenvalue weighted by Gasteiger charge is 2.04. The summed E-state index contributed by atoms with van der Waals surface area (Å²) < 4.78 is 5.77. The van der Waals surface area contributed by atoms with Gasteiger partial charge < -0.3 is 9.84 Å². The van der Waals surface area contributed by atoms with Crippen LogP contribution in [-0.4, -0.2) is 28.3 Å². The molecule has 1 aromatic heterocycles. The molecule has 0 aliphatic rings. The number of aliphatic hydroxyl groups excluding tert-OH is 1. The number of nitrogens with zero attached hydrogens (tertiary/aromatic N) is 2. The Kier molecular flexibility index (Phi) is 8.20. The number of aliphatic hydroxyl groups is 1. The summed E-state index contributed by atoms with van der Waals surface area (Å²) in [5, 5.41) is 8.88. The van der Waals surface area contributed by atoms with Crippen molar-refractivity contribution in [2.75, 3.05) is 13.2 Å². The SMILES string of the molecule is CCCCCOc1ccc(-c2cnc(-c3ccc(CCCCO)cc3)nc2)cc1. The summed E-state index contributed by atoms with van der Waals surface area (Å²) in [4.78, 5) is 9.09. The molecule has 4 heteroatoms. The van der Waals surface area contributed by atoms with E-state index in [0.717, 1.165) is 60.6 Å². The largest absolute Gasteiger partial charge is 0.494 e. The molecule has 0 fully saturated rings. The van der Waals surface area contributed by atoms with Crippen LogP contribution in [0.15, 0.2) is 60.9 Å². The van der Waals surface area contributed by atoms with E-state index in [4.69, 9.17) is 9.84 Å². The number of ether oxygens (including phenoxy) is 1. The van der Waals surface area contributed by atoms with Crippen LogP contribution < -0.4 is 4.74 Å². The van der Waals surface area contributed by atoms with Crippen molar-refractivity contribution in [2.45, 2.75) is 45.4 Å². The second-order valence-corrected chi connectivity index (χ2v) is 7.25. The Labute approximate surface area is 173 Å². The Morgan fingerprint density at radius 3 is 2.10 bits per heavy atom. The molecule has 1 heterocycles. The summed E-state index contributed by atoms with van der Waals surface area (Å²) >= 11 is 0. The van der Waals surface area contributed by atoms with E-state index in [1.165, 1.54) is 18.4 Å². The average Bonchev–Trinajstić information content (AvgIpc) is 2.78. The minimum absolute atomic E-state index is 0.257. The summed E-state index contributed by atoms with van der Waals surface area (Å²) in [7, 11) is 0. The predicted octanol–water partition coefficient (Wildman–Crippen LogP) is 5.69. The summed E-state index contributed by atoms with van der Waals surface area (Å²) in [5.41, 5.74) is 4.36. The van der Waals surface area contributed by atoms with Gasteiger partial charge in [-0.3, -0.25) is 0 Å². The first-order valence-corrected chi connectivity index (χ1v) is 10.6. The van der Waals surface area contributed by atoms with Crippen LogP contribution in [0.1, 0.15) is 44.6 Å². The van der Waals surface area contributed by atoms with Gasteiger partial charge in [-0.25, -0.2) is 9.97 Å². The highest BCUT2D eigenvalue weighted by Crippen LogP contribution is 2.23. The molecule has 2 aromatic carbocycles. The van der Waals surface area contributed by atoms with Gasteiger partial charge in [0.05, 0.1) is 6.61 Å². The molecule has 3 aromatic rings. The van der Waals surface area contributed by atoms with Crippen molar-refractivity contribution >= 4 is 0 Å². The predicted molar refractivity (Wildman–Crippen MR) is 118 cm³/mol. The van der Waals surface area contributed by atoms with E-state index in [9.17, 15) is 0 Å². The first-order chi connectivity index (χ1) is 14.3. The van der Waals surface area contributed by atoms with Crippen LogP contribution >= 0.6 is 0 Å². The molecule has 0 aliphatic heterocycles. The molecule has 4 nitrogen and oxygen atoms in total. The molecule has 0 spiro atoms. The summed E-state index contributed by atoms with van der Waals surface area (Å²) in [5.74, 6) is 1.63. The van der Waals surface area contributed by atoms with E-state index >= 15 is 0 Å². The average molecular weight is 391 g/mol. The van der Waals surface area contributed by atoms with Gasteiger partial charge in [0, 0.05) is 30.1 Å². The van der Waals surface area contributed by atoms with Gasteiger partial charge in [-0.2, -0.15) is 0 Å². The maximum Gasteiger partial charge on any atom is 0.159 e. The van der Waals surface area contributed by atoms with Gasteiger partial charge in [-0.1, -0.05) is 56.2 Å². The monoisotopic (exact) mass is 390 g/mol. The Morgan fingerprint density at radius 1 is 0.759 bits per heavy atom. The third-order valence-electron chi connectivity index (χ3n) is 4.94. The molecular formula is C25H30N2O2. The number of hydrogen-bond acceptors (Lipinski definition) is 4. The molecule has 0 bridgehead atoms. The maximum atomic E-state index is 8.88. The van der Waals surface area contributed by atoms with Crippen LogP contribution in [0.3, 0.4) is 0 Å². The van der Waals surface area contributed by atoms with Gasteiger partial charge >= 0.3 is 0 Å². The highest BCUT2D eigenvalue weighted by atomic mass is 16.5. The fraction of sp³-hybridized carbons (Fsp3) is 0.360. The molecule has 0 atom stereocenters. The standard InChI is InChI=1S/C25H30N2O2/c1-2-3-6-17-29-24-14-12-21(13-15-24)23-18-26-25(27-19-23)22-10-8-20(9-11-22)7-4-5-16-28/h8-15,18-19,28H,2-7,16-17H2,1H3. The van der Waals surface area contributed by atoms with E-state index in [1.54, 1.807) is 0 Å². The fourth-order valence-corrected chi connectivity index (χ4v) is 3.17. The molecule has 0 saturated carbocycles. The van der Waals surface area contributed by atoms with E-state index in [-0.39, 0.29) is 6.61 Å². The van der Waals surface area contributed by atoms with Gasteiger partial charge in [-0.15, -0.1) is 0 Å². The second-order valence-electron chi connectivity index (χ2n) is 7.25. The minimum Gasteiger partial charge on any atom is -0.494 e. The number of unbranched alkanes of at least 4 members (excludes halogenated alkanes) is 3. The Morgan fingerprint density at radius 2 is 1.45 bits per heavy atom. The van der Waals surface area contributed by atoms with Crippen LogP contribution in [0.5, 0.6) is 5.75 Å². The van der Waals surface area contributed by atoms with Gasteiger partial charge in [0.2, 0.25) is 0 Å². The molecule has 0 radical (unpaired) electrons. The number of benzene rings is 2. The Hall–Kier alpha value is -2.72. The summed E-state index contributed by atoms with van der Waals surface area (Å²) in [6.45, 7) is 3.22. The zero-order chi connectivity index (χ0) is 20.3. The van der Waals surface area contributed by atoms with Crippen molar-refractivity contribution in [1.29, 1.82) is 0 Å². The topological polar surface area (TPSA) is 55.2 Å². The zero-order valence-corrected chi connectivity index (χ0v) is 17.2. The summed E-state index contributed by atoms with van der Waals surface area (Å²) in [6, 6.07) is 16.5. The lowest BCUT2D eigenvalue weighted by Gasteiger charge is -2.07. The van der Waals surface area contributed by atoms with Gasteiger partial charge in [0.15, 0.2) is 5.82 Å². The van der Waals surface area contributed by atoms with Crippen molar-refractivity contribution in [3.63, 3.8) is 0 Å². The molecule has 29 heavy (non-hydrogen) atoms. The molecular weight excluding hydrogens is 360 g/mol. The quantitative estimate of drug-likeness (QED) is 0.427. The van der Waals surface area contributed by atoms with Gasteiger partial charge in [-0.05, 0) is 48.9 Å². The Bertz CT molecular complexity index is 844. The lowest BCUT2D eigenvalue weighted by molar-refractivity contribution is 0.284. The second kappa shape index (κ2) is 11.3. The molecule has 0 aliphatic carbocycles. The third-order valence-corrected chi connectivity index (χ3v) is 4.94. The Balaban J connectivity index is 1.59. The van der Waals surface area contributed by atoms with E-state index in [1.807, 2.05) is 24.5 Å². The van der Waals surface area contributed by atoms with Crippen LogP contribution in [0.25, 0.3) is 22.5 Å². The first kappa shape index (κ1) is 21.0. The number of aryl methyl sites for hydroxylation is 1.